The van der Waals surface area contributed by atoms with Gasteiger partial charge in [0.1, 0.15) is 33.5 Å². The van der Waals surface area contributed by atoms with E-state index in [4.69, 9.17) is 33.2 Å². The number of para-hydroxylation sites is 6. The second kappa shape index (κ2) is 13.8. The van der Waals surface area contributed by atoms with Crippen LogP contribution in [0.15, 0.2) is 207 Å². The fourth-order valence-corrected chi connectivity index (χ4v) is 9.79. The number of rotatable bonds is 5. The predicted molar refractivity (Wildman–Crippen MR) is 262 cm³/mol. The summed E-state index contributed by atoms with van der Waals surface area (Å²) in [4.78, 5) is 20.7. The highest BCUT2D eigenvalue weighted by molar-refractivity contribution is 6.30. The molecule has 0 amide bonds. The van der Waals surface area contributed by atoms with Crippen LogP contribution in [0.2, 0.25) is 0 Å². The minimum Gasteiger partial charge on any atom is -0.456 e. The molecule has 5 heterocycles. The van der Waals surface area contributed by atoms with Gasteiger partial charge in [-0.05, 0) is 36.4 Å². The zero-order valence-electron chi connectivity index (χ0n) is 34.5. The lowest BCUT2D eigenvalue weighted by molar-refractivity contribution is 0.669. The first-order valence-electron chi connectivity index (χ1n) is 21.6. The lowest BCUT2D eigenvalue weighted by Gasteiger charge is -2.16. The number of fused-ring (bicyclic) bond motifs is 12. The van der Waals surface area contributed by atoms with Gasteiger partial charge in [0, 0.05) is 76.3 Å². The van der Waals surface area contributed by atoms with E-state index in [9.17, 15) is 0 Å². The molecule has 0 saturated heterocycles. The van der Waals surface area contributed by atoms with Gasteiger partial charge < -0.3 is 13.3 Å². The Morgan fingerprint density at radius 1 is 0.292 bits per heavy atom. The van der Waals surface area contributed by atoms with Crippen LogP contribution in [0.25, 0.3) is 144 Å². The fourth-order valence-electron chi connectivity index (χ4n) is 9.79. The Morgan fingerprint density at radius 3 is 1.49 bits per heavy atom. The second-order valence-corrected chi connectivity index (χ2v) is 16.4. The summed E-state index contributed by atoms with van der Waals surface area (Å²) in [5.41, 5.74) is 12.1. The number of hydrogen-bond donors (Lipinski definition) is 0. The van der Waals surface area contributed by atoms with Crippen LogP contribution in [0.1, 0.15) is 0 Å². The van der Waals surface area contributed by atoms with Crippen LogP contribution < -0.4 is 0 Å². The summed E-state index contributed by atoms with van der Waals surface area (Å²) in [5, 5.41) is 9.39. The van der Waals surface area contributed by atoms with Gasteiger partial charge in [0.05, 0.1) is 16.8 Å². The van der Waals surface area contributed by atoms with Crippen molar-refractivity contribution in [1.82, 2.24) is 19.9 Å². The number of hydrogen-bond acceptors (Lipinski definition) is 7. The van der Waals surface area contributed by atoms with Crippen molar-refractivity contribution in [3.05, 3.63) is 194 Å². The van der Waals surface area contributed by atoms with Crippen LogP contribution in [0.3, 0.4) is 0 Å². The molecular weight excluding hydrogens is 801 g/mol. The van der Waals surface area contributed by atoms with Crippen molar-refractivity contribution in [2.45, 2.75) is 0 Å². The zero-order chi connectivity index (χ0) is 42.6. The summed E-state index contributed by atoms with van der Waals surface area (Å²) in [6, 6.07) is 66.1. The molecule has 7 heteroatoms. The molecule has 7 nitrogen and oxygen atoms in total. The molecule has 0 atom stereocenters. The van der Waals surface area contributed by atoms with Crippen molar-refractivity contribution >= 4 is 87.5 Å². The van der Waals surface area contributed by atoms with E-state index >= 15 is 0 Å². The number of benzene rings is 9. The molecule has 9 aromatic carbocycles. The normalized spacial score (nSPS) is 12.0. The van der Waals surface area contributed by atoms with Gasteiger partial charge in [0.25, 0.3) is 0 Å². The SMILES string of the molecule is c1ccc(-c2nc(-c3ccc(-c4nc5ccccc5c5c(-c6cccc7c6oc6ccccc67)c6c(cc45)oc4ccccc46)cc3)nc(-c3cccc4c3oc3ccccc34)n2)cc1. The summed E-state index contributed by atoms with van der Waals surface area (Å²) in [6.07, 6.45) is 0. The summed E-state index contributed by atoms with van der Waals surface area (Å²) in [6.45, 7) is 0. The van der Waals surface area contributed by atoms with Crippen molar-refractivity contribution in [1.29, 1.82) is 0 Å². The molecule has 0 aliphatic carbocycles. The van der Waals surface area contributed by atoms with Crippen molar-refractivity contribution in [3.8, 4) is 56.5 Å². The van der Waals surface area contributed by atoms with Gasteiger partial charge in [0.2, 0.25) is 0 Å². The molecule has 0 saturated carbocycles. The van der Waals surface area contributed by atoms with E-state index in [1.165, 1.54) is 0 Å². The Balaban J connectivity index is 0.995. The van der Waals surface area contributed by atoms with E-state index in [0.717, 1.165) is 127 Å². The average Bonchev–Trinajstić information content (AvgIpc) is 4.07. The number of nitrogens with zero attached hydrogens (tertiary/aromatic N) is 4. The molecule has 0 unspecified atom stereocenters. The highest BCUT2D eigenvalue weighted by Crippen LogP contribution is 2.49. The second-order valence-electron chi connectivity index (χ2n) is 16.4. The third kappa shape index (κ3) is 5.42. The van der Waals surface area contributed by atoms with Gasteiger partial charge in [-0.2, -0.15) is 0 Å². The molecule has 65 heavy (non-hydrogen) atoms. The number of furan rings is 3. The maximum Gasteiger partial charge on any atom is 0.167 e. The lowest BCUT2D eigenvalue weighted by Crippen LogP contribution is -2.00. The Hall–Kier alpha value is -8.94. The highest BCUT2D eigenvalue weighted by Gasteiger charge is 2.25. The van der Waals surface area contributed by atoms with E-state index < -0.39 is 0 Å². The van der Waals surface area contributed by atoms with Gasteiger partial charge >= 0.3 is 0 Å². The predicted octanol–water partition coefficient (Wildman–Crippen LogP) is 15.6. The van der Waals surface area contributed by atoms with Crippen LogP contribution in [0.5, 0.6) is 0 Å². The Morgan fingerprint density at radius 2 is 0.800 bits per heavy atom. The van der Waals surface area contributed by atoms with Crippen LogP contribution in [0, 0.1) is 0 Å². The summed E-state index contributed by atoms with van der Waals surface area (Å²) >= 11 is 0. The standard InChI is InChI=1S/C58H32N4O3/c1-2-14-34(15-3-1)56-60-57(62-58(61-56)43-23-13-21-39-37-17-6-10-26-47(37)65-55(39)43)35-30-28-33(29-31-35)53-44-32-49-51(41-19-7-11-27-48(41)63-49)52(50(44)40-18-4-8-24-45(40)59-53)42-22-12-20-38-36-16-5-9-25-46(36)64-54(38)42/h1-32H. The summed E-state index contributed by atoms with van der Waals surface area (Å²) in [7, 11) is 0. The van der Waals surface area contributed by atoms with Crippen LogP contribution in [-0.4, -0.2) is 19.9 Å². The molecule has 0 bridgehead atoms. The van der Waals surface area contributed by atoms with Crippen molar-refractivity contribution < 1.29 is 13.3 Å². The smallest absolute Gasteiger partial charge is 0.167 e. The monoisotopic (exact) mass is 832 g/mol. The van der Waals surface area contributed by atoms with E-state index in [0.29, 0.717) is 17.5 Å². The quantitative estimate of drug-likeness (QED) is 0.160. The Bertz CT molecular complexity index is 4240. The first-order valence-corrected chi connectivity index (χ1v) is 21.6. The molecular formula is C58H32N4O3. The Labute approximate surface area is 369 Å². The van der Waals surface area contributed by atoms with E-state index in [-0.39, 0.29) is 0 Å². The third-order valence-electron chi connectivity index (χ3n) is 12.7. The lowest BCUT2D eigenvalue weighted by atomic mass is 9.89. The van der Waals surface area contributed by atoms with Gasteiger partial charge in [-0.25, -0.2) is 19.9 Å². The van der Waals surface area contributed by atoms with Crippen molar-refractivity contribution in [2.24, 2.45) is 0 Å². The largest absolute Gasteiger partial charge is 0.456 e. The molecule has 14 aromatic rings. The molecule has 0 aliphatic heterocycles. The molecule has 0 N–H and O–H groups in total. The van der Waals surface area contributed by atoms with Crippen LogP contribution in [-0.2, 0) is 0 Å². The van der Waals surface area contributed by atoms with Crippen LogP contribution in [0.4, 0.5) is 0 Å². The maximum absolute atomic E-state index is 6.75. The molecule has 0 aliphatic rings. The molecule has 14 rings (SSSR count). The van der Waals surface area contributed by atoms with Gasteiger partial charge in [0.15, 0.2) is 17.5 Å². The minimum atomic E-state index is 0.534. The van der Waals surface area contributed by atoms with Gasteiger partial charge in [-0.1, -0.05) is 158 Å². The zero-order valence-corrected chi connectivity index (χ0v) is 34.5. The number of aromatic nitrogens is 4. The summed E-state index contributed by atoms with van der Waals surface area (Å²) < 4.78 is 19.9. The first-order chi connectivity index (χ1) is 32.2. The third-order valence-corrected chi connectivity index (χ3v) is 12.7. The molecule has 0 spiro atoms. The molecule has 0 fully saturated rings. The average molecular weight is 833 g/mol. The maximum atomic E-state index is 6.75. The Kier molecular flexibility index (Phi) is 7.55. The van der Waals surface area contributed by atoms with E-state index in [2.05, 4.69) is 103 Å². The van der Waals surface area contributed by atoms with Crippen molar-refractivity contribution in [2.75, 3.05) is 0 Å². The molecule has 302 valence electrons. The molecule has 0 radical (unpaired) electrons. The number of pyridine rings is 1. The van der Waals surface area contributed by atoms with E-state index in [1.54, 1.807) is 0 Å². The molecule has 5 aromatic heterocycles. The highest BCUT2D eigenvalue weighted by atomic mass is 16.3. The van der Waals surface area contributed by atoms with Gasteiger partial charge in [-0.15, -0.1) is 0 Å². The first kappa shape index (κ1) is 35.6. The van der Waals surface area contributed by atoms with Crippen molar-refractivity contribution in [3.63, 3.8) is 0 Å². The van der Waals surface area contributed by atoms with Gasteiger partial charge in [-0.3, -0.25) is 0 Å². The topological polar surface area (TPSA) is 91.0 Å². The van der Waals surface area contributed by atoms with Crippen LogP contribution >= 0.6 is 0 Å². The summed E-state index contributed by atoms with van der Waals surface area (Å²) in [5.74, 6) is 1.66. The minimum absolute atomic E-state index is 0.534. The fraction of sp³-hybridized carbons (Fsp3) is 0. The van der Waals surface area contributed by atoms with E-state index in [1.807, 2.05) is 91.0 Å².